The topological polar surface area (TPSA) is 38.8 Å². The molecule has 1 rings (SSSR count). The highest BCUT2D eigenvalue weighted by Gasteiger charge is 2.13. The number of amides is 1. The lowest BCUT2D eigenvalue weighted by molar-refractivity contribution is -0.131. The molecule has 1 amide bonds. The van der Waals surface area contributed by atoms with Gasteiger partial charge >= 0.3 is 0 Å². The Morgan fingerprint density at radius 2 is 1.76 bits per heavy atom. The van der Waals surface area contributed by atoms with Gasteiger partial charge in [0.25, 0.3) is 0 Å². The standard InChI is InChI=1S/C17H27NO3/c1-5-11-18(12-6-2)17(19)10-7-14-13-15(20-3)8-9-16(14)21-4/h8-9,13H,5-7,10-12H2,1-4H3. The van der Waals surface area contributed by atoms with Crippen LogP contribution in [-0.2, 0) is 11.2 Å². The molecule has 0 atom stereocenters. The number of carbonyl (C=O) groups is 1. The summed E-state index contributed by atoms with van der Waals surface area (Å²) in [6, 6.07) is 5.69. The predicted molar refractivity (Wildman–Crippen MR) is 85.0 cm³/mol. The van der Waals surface area contributed by atoms with E-state index in [-0.39, 0.29) is 5.91 Å². The molecule has 21 heavy (non-hydrogen) atoms. The first-order chi connectivity index (χ1) is 10.2. The Balaban J connectivity index is 2.70. The normalized spacial score (nSPS) is 10.3. The van der Waals surface area contributed by atoms with Crippen molar-refractivity contribution in [3.05, 3.63) is 23.8 Å². The number of methoxy groups -OCH3 is 2. The number of benzene rings is 1. The number of rotatable bonds is 9. The molecule has 0 N–H and O–H groups in total. The third kappa shape index (κ3) is 5.29. The molecule has 0 aliphatic heterocycles. The summed E-state index contributed by atoms with van der Waals surface area (Å²) >= 11 is 0. The fourth-order valence-electron chi connectivity index (χ4n) is 2.38. The minimum Gasteiger partial charge on any atom is -0.497 e. The van der Waals surface area contributed by atoms with Crippen LogP contribution in [0.25, 0.3) is 0 Å². The Morgan fingerprint density at radius 1 is 1.10 bits per heavy atom. The maximum Gasteiger partial charge on any atom is 0.222 e. The van der Waals surface area contributed by atoms with Crippen LogP contribution in [-0.4, -0.2) is 38.1 Å². The van der Waals surface area contributed by atoms with Gasteiger partial charge in [0.15, 0.2) is 0 Å². The van der Waals surface area contributed by atoms with Crippen LogP contribution in [0.1, 0.15) is 38.7 Å². The average Bonchev–Trinajstić information content (AvgIpc) is 2.52. The molecule has 118 valence electrons. The zero-order chi connectivity index (χ0) is 15.7. The van der Waals surface area contributed by atoms with Crippen LogP contribution in [0.15, 0.2) is 18.2 Å². The first kappa shape index (κ1) is 17.3. The second kappa shape index (κ2) is 9.27. The molecular weight excluding hydrogens is 266 g/mol. The SMILES string of the molecule is CCCN(CCC)C(=O)CCc1cc(OC)ccc1OC. The van der Waals surface area contributed by atoms with Crippen molar-refractivity contribution in [1.29, 1.82) is 0 Å². The third-order valence-electron chi connectivity index (χ3n) is 3.44. The molecule has 0 fully saturated rings. The van der Waals surface area contributed by atoms with Crippen LogP contribution in [0.3, 0.4) is 0 Å². The van der Waals surface area contributed by atoms with E-state index < -0.39 is 0 Å². The van der Waals surface area contributed by atoms with Gasteiger partial charge in [-0.15, -0.1) is 0 Å². The van der Waals surface area contributed by atoms with E-state index in [2.05, 4.69) is 13.8 Å². The molecule has 0 heterocycles. The van der Waals surface area contributed by atoms with Crippen molar-refractivity contribution in [3.63, 3.8) is 0 Å². The van der Waals surface area contributed by atoms with Gasteiger partial charge in [-0.2, -0.15) is 0 Å². The van der Waals surface area contributed by atoms with Crippen LogP contribution < -0.4 is 9.47 Å². The van der Waals surface area contributed by atoms with Crippen LogP contribution in [0.4, 0.5) is 0 Å². The van der Waals surface area contributed by atoms with E-state index >= 15 is 0 Å². The Labute approximate surface area is 128 Å². The van der Waals surface area contributed by atoms with Crippen molar-refractivity contribution in [2.24, 2.45) is 0 Å². The molecule has 0 saturated carbocycles. The van der Waals surface area contributed by atoms with Crippen molar-refractivity contribution >= 4 is 5.91 Å². The molecule has 4 nitrogen and oxygen atoms in total. The summed E-state index contributed by atoms with van der Waals surface area (Å²) in [6.45, 7) is 5.87. The minimum absolute atomic E-state index is 0.212. The Kier molecular flexibility index (Phi) is 7.65. The largest absolute Gasteiger partial charge is 0.497 e. The number of hydrogen-bond donors (Lipinski definition) is 0. The highest BCUT2D eigenvalue weighted by atomic mass is 16.5. The lowest BCUT2D eigenvalue weighted by atomic mass is 10.1. The van der Waals surface area contributed by atoms with E-state index in [1.807, 2.05) is 23.1 Å². The molecule has 1 aromatic rings. The fraction of sp³-hybridized carbons (Fsp3) is 0.588. The van der Waals surface area contributed by atoms with E-state index in [1.54, 1.807) is 14.2 Å². The first-order valence-electron chi connectivity index (χ1n) is 7.64. The summed E-state index contributed by atoms with van der Waals surface area (Å²) in [5.74, 6) is 1.81. The summed E-state index contributed by atoms with van der Waals surface area (Å²) in [7, 11) is 3.29. The zero-order valence-electron chi connectivity index (χ0n) is 13.6. The van der Waals surface area contributed by atoms with Crippen LogP contribution in [0.2, 0.25) is 0 Å². The molecule has 0 unspecified atom stereocenters. The maximum absolute atomic E-state index is 12.3. The summed E-state index contributed by atoms with van der Waals surface area (Å²) in [6.07, 6.45) is 3.16. The van der Waals surface area contributed by atoms with Gasteiger partial charge in [0.05, 0.1) is 14.2 Å². The van der Waals surface area contributed by atoms with E-state index in [4.69, 9.17) is 9.47 Å². The first-order valence-corrected chi connectivity index (χ1v) is 7.64. The summed E-state index contributed by atoms with van der Waals surface area (Å²) in [4.78, 5) is 14.3. The molecule has 0 spiro atoms. The van der Waals surface area contributed by atoms with E-state index in [0.717, 1.165) is 43.0 Å². The van der Waals surface area contributed by atoms with Gasteiger partial charge in [-0.3, -0.25) is 4.79 Å². The molecule has 0 aliphatic rings. The van der Waals surface area contributed by atoms with Gasteiger partial charge in [0, 0.05) is 19.5 Å². The van der Waals surface area contributed by atoms with Gasteiger partial charge in [0.1, 0.15) is 11.5 Å². The Morgan fingerprint density at radius 3 is 2.29 bits per heavy atom. The quantitative estimate of drug-likeness (QED) is 0.701. The van der Waals surface area contributed by atoms with Crippen molar-refractivity contribution in [2.75, 3.05) is 27.3 Å². The number of aryl methyl sites for hydroxylation is 1. The fourth-order valence-corrected chi connectivity index (χ4v) is 2.38. The Bertz CT molecular complexity index is 440. The number of ether oxygens (including phenoxy) is 2. The molecule has 1 aromatic carbocycles. The highest BCUT2D eigenvalue weighted by Crippen LogP contribution is 2.25. The summed E-state index contributed by atoms with van der Waals surface area (Å²) in [5.41, 5.74) is 1.01. The van der Waals surface area contributed by atoms with E-state index in [1.165, 1.54) is 0 Å². The maximum atomic E-state index is 12.3. The molecular formula is C17H27NO3. The lowest BCUT2D eigenvalue weighted by Gasteiger charge is -2.21. The smallest absolute Gasteiger partial charge is 0.222 e. The minimum atomic E-state index is 0.212. The molecule has 0 aromatic heterocycles. The average molecular weight is 293 g/mol. The van der Waals surface area contributed by atoms with Crippen molar-refractivity contribution in [3.8, 4) is 11.5 Å². The van der Waals surface area contributed by atoms with Crippen molar-refractivity contribution in [2.45, 2.75) is 39.5 Å². The van der Waals surface area contributed by atoms with Crippen LogP contribution in [0, 0.1) is 0 Å². The van der Waals surface area contributed by atoms with E-state index in [0.29, 0.717) is 12.8 Å². The van der Waals surface area contributed by atoms with Crippen LogP contribution >= 0.6 is 0 Å². The van der Waals surface area contributed by atoms with Crippen molar-refractivity contribution in [1.82, 2.24) is 4.90 Å². The van der Waals surface area contributed by atoms with Gasteiger partial charge in [-0.1, -0.05) is 13.8 Å². The van der Waals surface area contributed by atoms with Crippen LogP contribution in [0.5, 0.6) is 11.5 Å². The van der Waals surface area contributed by atoms with Gasteiger partial charge in [-0.25, -0.2) is 0 Å². The molecule has 4 heteroatoms. The lowest BCUT2D eigenvalue weighted by Crippen LogP contribution is -2.32. The van der Waals surface area contributed by atoms with Gasteiger partial charge < -0.3 is 14.4 Å². The second-order valence-electron chi connectivity index (χ2n) is 5.06. The number of hydrogen-bond acceptors (Lipinski definition) is 3. The second-order valence-corrected chi connectivity index (χ2v) is 5.06. The summed E-state index contributed by atoms with van der Waals surface area (Å²) in [5, 5.41) is 0. The molecule has 0 aliphatic carbocycles. The monoisotopic (exact) mass is 293 g/mol. The van der Waals surface area contributed by atoms with Gasteiger partial charge in [0.2, 0.25) is 5.91 Å². The zero-order valence-corrected chi connectivity index (χ0v) is 13.6. The van der Waals surface area contributed by atoms with Gasteiger partial charge in [-0.05, 0) is 43.0 Å². The molecule has 0 saturated heterocycles. The molecule has 0 radical (unpaired) electrons. The van der Waals surface area contributed by atoms with E-state index in [9.17, 15) is 4.79 Å². The predicted octanol–water partition coefficient (Wildman–Crippen LogP) is 3.29. The molecule has 0 bridgehead atoms. The third-order valence-corrected chi connectivity index (χ3v) is 3.44. The summed E-state index contributed by atoms with van der Waals surface area (Å²) < 4.78 is 10.6. The number of carbonyl (C=O) groups excluding carboxylic acids is 1. The Hall–Kier alpha value is -1.71. The number of nitrogens with zero attached hydrogens (tertiary/aromatic N) is 1. The van der Waals surface area contributed by atoms with Crippen molar-refractivity contribution < 1.29 is 14.3 Å². The highest BCUT2D eigenvalue weighted by molar-refractivity contribution is 5.76.